The van der Waals surface area contributed by atoms with Gasteiger partial charge in [0.05, 0.1) is 0 Å². The highest BCUT2D eigenvalue weighted by atomic mass is 16.4. The van der Waals surface area contributed by atoms with Crippen molar-refractivity contribution < 1.29 is 14.7 Å². The SMILES string of the molecule is CC(C)(C)C(C=O)N(N)/C=C(\N)C1CC1.CN1CCCC1C(=O)O. The number of allylic oxidation sites excluding steroid dienone is 1. The molecular formula is C17H32N4O3. The van der Waals surface area contributed by atoms with Crippen LogP contribution in [0.2, 0.25) is 0 Å². The van der Waals surface area contributed by atoms with E-state index in [4.69, 9.17) is 16.7 Å². The third kappa shape index (κ3) is 6.13. The molecule has 1 aliphatic carbocycles. The molecule has 1 saturated heterocycles. The normalized spacial score (nSPS) is 23.2. The van der Waals surface area contributed by atoms with Crippen LogP contribution in [0.1, 0.15) is 46.5 Å². The van der Waals surface area contributed by atoms with Crippen molar-refractivity contribution in [1.29, 1.82) is 0 Å². The largest absolute Gasteiger partial charge is 0.480 e. The molecule has 2 rings (SSSR count). The van der Waals surface area contributed by atoms with Gasteiger partial charge in [-0.1, -0.05) is 20.8 Å². The smallest absolute Gasteiger partial charge is 0.320 e. The number of hydrogen-bond acceptors (Lipinski definition) is 6. The summed E-state index contributed by atoms with van der Waals surface area (Å²) < 4.78 is 0. The number of nitrogens with zero attached hydrogens (tertiary/aromatic N) is 2. The Labute approximate surface area is 144 Å². The molecule has 0 aromatic rings. The van der Waals surface area contributed by atoms with Crippen LogP contribution in [0.5, 0.6) is 0 Å². The summed E-state index contributed by atoms with van der Waals surface area (Å²) in [6.07, 6.45) is 6.67. The fourth-order valence-corrected chi connectivity index (χ4v) is 2.72. The molecule has 0 radical (unpaired) electrons. The summed E-state index contributed by atoms with van der Waals surface area (Å²) in [6, 6.07) is -0.556. The number of carboxylic acids is 1. The van der Waals surface area contributed by atoms with Gasteiger partial charge in [0.25, 0.3) is 0 Å². The van der Waals surface area contributed by atoms with Crippen LogP contribution in [0.25, 0.3) is 0 Å². The monoisotopic (exact) mass is 340 g/mol. The average Bonchev–Trinajstić information content (AvgIpc) is 3.20. The van der Waals surface area contributed by atoms with Crippen LogP contribution in [-0.2, 0) is 9.59 Å². The molecule has 5 N–H and O–H groups in total. The minimum atomic E-state index is -0.685. The summed E-state index contributed by atoms with van der Waals surface area (Å²) in [5.74, 6) is 5.62. The van der Waals surface area contributed by atoms with Crippen LogP contribution in [0.3, 0.4) is 0 Å². The molecule has 2 aliphatic rings. The second-order valence-electron chi connectivity index (χ2n) is 7.77. The van der Waals surface area contributed by atoms with Gasteiger partial charge in [-0.3, -0.25) is 9.69 Å². The van der Waals surface area contributed by atoms with Crippen LogP contribution >= 0.6 is 0 Å². The maximum Gasteiger partial charge on any atom is 0.320 e. The molecule has 2 unspecified atom stereocenters. The maximum atomic E-state index is 11.0. The lowest BCUT2D eigenvalue weighted by Gasteiger charge is -2.32. The lowest BCUT2D eigenvalue weighted by atomic mass is 9.87. The predicted octanol–water partition coefficient (Wildman–Crippen LogP) is 1.15. The summed E-state index contributed by atoms with van der Waals surface area (Å²) >= 11 is 0. The van der Waals surface area contributed by atoms with Crippen molar-refractivity contribution in [3.8, 4) is 0 Å². The number of carboxylic acid groups (broad SMARTS) is 1. The molecule has 1 saturated carbocycles. The van der Waals surface area contributed by atoms with Gasteiger partial charge in [-0.25, -0.2) is 5.84 Å². The molecule has 1 heterocycles. The number of aldehydes is 1. The Hall–Kier alpha value is -1.60. The van der Waals surface area contributed by atoms with Gasteiger partial charge in [0.15, 0.2) is 0 Å². The Bertz CT molecular complexity index is 469. The van der Waals surface area contributed by atoms with Crippen molar-refractivity contribution in [3.63, 3.8) is 0 Å². The highest BCUT2D eigenvalue weighted by molar-refractivity contribution is 5.73. The summed E-state index contributed by atoms with van der Waals surface area (Å²) in [5.41, 5.74) is 6.44. The molecule has 0 amide bonds. The first-order chi connectivity index (χ1) is 11.1. The summed E-state index contributed by atoms with van der Waals surface area (Å²) in [6.45, 7) is 6.87. The number of carbonyl (C=O) groups is 2. The Kier molecular flexibility index (Phi) is 7.23. The van der Waals surface area contributed by atoms with Gasteiger partial charge in [0.2, 0.25) is 0 Å². The molecule has 0 aromatic carbocycles. The first-order valence-electron chi connectivity index (χ1n) is 8.46. The molecular weight excluding hydrogens is 308 g/mol. The molecule has 7 nitrogen and oxygen atoms in total. The summed E-state index contributed by atoms with van der Waals surface area (Å²) in [7, 11) is 1.85. The Morgan fingerprint density at radius 3 is 2.21 bits per heavy atom. The third-order valence-corrected chi connectivity index (χ3v) is 4.49. The van der Waals surface area contributed by atoms with E-state index in [1.807, 2.05) is 32.7 Å². The number of likely N-dealkylation sites (tertiary alicyclic amines) is 1. The van der Waals surface area contributed by atoms with Crippen molar-refractivity contribution in [3.05, 3.63) is 11.9 Å². The van der Waals surface area contributed by atoms with E-state index >= 15 is 0 Å². The Morgan fingerprint density at radius 1 is 1.33 bits per heavy atom. The van der Waals surface area contributed by atoms with E-state index in [0.717, 1.165) is 44.2 Å². The van der Waals surface area contributed by atoms with Gasteiger partial charge in [0.1, 0.15) is 18.4 Å². The van der Waals surface area contributed by atoms with E-state index in [9.17, 15) is 9.59 Å². The molecule has 1 aliphatic heterocycles. The van der Waals surface area contributed by atoms with Gasteiger partial charge in [0, 0.05) is 17.8 Å². The molecule has 138 valence electrons. The fraction of sp³-hybridized carbons (Fsp3) is 0.765. The van der Waals surface area contributed by atoms with E-state index in [1.165, 1.54) is 5.01 Å². The molecule has 0 bridgehead atoms. The zero-order valence-corrected chi connectivity index (χ0v) is 15.2. The van der Waals surface area contributed by atoms with Gasteiger partial charge in [-0.05, 0) is 44.7 Å². The topological polar surface area (TPSA) is 113 Å². The van der Waals surface area contributed by atoms with E-state index in [2.05, 4.69) is 0 Å². The van der Waals surface area contributed by atoms with E-state index in [1.54, 1.807) is 6.20 Å². The van der Waals surface area contributed by atoms with Gasteiger partial charge in [-0.15, -0.1) is 0 Å². The lowest BCUT2D eigenvalue weighted by molar-refractivity contribution is -0.141. The van der Waals surface area contributed by atoms with Gasteiger partial charge < -0.3 is 20.6 Å². The van der Waals surface area contributed by atoms with Crippen molar-refractivity contribution in [1.82, 2.24) is 9.91 Å². The number of hydrogen-bond donors (Lipinski definition) is 3. The molecule has 24 heavy (non-hydrogen) atoms. The Balaban J connectivity index is 0.000000272. The summed E-state index contributed by atoms with van der Waals surface area (Å²) in [4.78, 5) is 23.2. The van der Waals surface area contributed by atoms with E-state index < -0.39 is 5.97 Å². The van der Waals surface area contributed by atoms with Crippen LogP contribution in [0.15, 0.2) is 11.9 Å². The number of nitrogens with two attached hydrogens (primary N) is 2. The van der Waals surface area contributed by atoms with Gasteiger partial charge >= 0.3 is 5.97 Å². The second kappa shape index (κ2) is 8.48. The van der Waals surface area contributed by atoms with Crippen LogP contribution in [-0.4, -0.2) is 52.9 Å². The van der Waals surface area contributed by atoms with Crippen LogP contribution < -0.4 is 11.6 Å². The summed E-state index contributed by atoms with van der Waals surface area (Å²) in [5, 5.41) is 9.97. The number of rotatable bonds is 5. The van der Waals surface area contributed by atoms with Crippen LogP contribution in [0.4, 0.5) is 0 Å². The van der Waals surface area contributed by atoms with Gasteiger partial charge in [-0.2, -0.15) is 0 Å². The number of carbonyl (C=O) groups excluding carboxylic acids is 1. The minimum Gasteiger partial charge on any atom is -0.480 e. The molecule has 2 atom stereocenters. The molecule has 0 aromatic heterocycles. The second-order valence-corrected chi connectivity index (χ2v) is 7.77. The number of likely N-dealkylation sites (N-methyl/N-ethyl adjacent to an activating group) is 1. The minimum absolute atomic E-state index is 0.184. The first-order valence-corrected chi connectivity index (χ1v) is 8.46. The first kappa shape index (κ1) is 20.4. The third-order valence-electron chi connectivity index (χ3n) is 4.49. The standard InChI is InChI=1S/C11H21N3O.C6H11NO2/c1-11(2,3)10(7-15)14(13)6-9(12)8-4-5-8;1-7-4-2-3-5(7)6(8)9/h6-8,10H,4-5,12-13H2,1-3H3;5H,2-4H2,1H3,(H,8,9)/b9-6-;. The zero-order valence-electron chi connectivity index (χ0n) is 15.2. The van der Waals surface area contributed by atoms with Crippen molar-refractivity contribution in [2.24, 2.45) is 22.9 Å². The van der Waals surface area contributed by atoms with Crippen molar-refractivity contribution >= 4 is 12.3 Å². The van der Waals surface area contributed by atoms with Crippen molar-refractivity contribution in [2.75, 3.05) is 13.6 Å². The predicted molar refractivity (Wildman–Crippen MR) is 93.6 cm³/mol. The quantitative estimate of drug-likeness (QED) is 0.391. The number of aliphatic carboxylic acids is 1. The molecule has 2 fully saturated rings. The maximum absolute atomic E-state index is 11.0. The zero-order chi connectivity index (χ0) is 18.5. The van der Waals surface area contributed by atoms with Crippen LogP contribution in [0, 0.1) is 11.3 Å². The van der Waals surface area contributed by atoms with E-state index in [-0.39, 0.29) is 17.5 Å². The molecule has 7 heteroatoms. The highest BCUT2D eigenvalue weighted by Crippen LogP contribution is 2.34. The van der Waals surface area contributed by atoms with E-state index in [0.29, 0.717) is 5.92 Å². The molecule has 0 spiro atoms. The highest BCUT2D eigenvalue weighted by Gasteiger charge is 2.29. The fourth-order valence-electron chi connectivity index (χ4n) is 2.72. The Morgan fingerprint density at radius 2 is 1.92 bits per heavy atom. The lowest BCUT2D eigenvalue weighted by Crippen LogP contribution is -2.46. The average molecular weight is 340 g/mol. The number of hydrazine groups is 1. The van der Waals surface area contributed by atoms with Crippen molar-refractivity contribution in [2.45, 2.75) is 58.5 Å².